The first kappa shape index (κ1) is 37.3. The number of carbonyl (C=O) groups is 2. The van der Waals surface area contributed by atoms with Crippen molar-refractivity contribution in [2.45, 2.75) is 20.3 Å². The molecule has 2 aliphatic heterocycles. The number of carbonyl (C=O) groups excluding carboxylic acids is 2. The average Bonchev–Trinajstić information content (AvgIpc) is 3.85. The van der Waals surface area contributed by atoms with Crippen LogP contribution in [0.5, 0.6) is 0 Å². The van der Waals surface area contributed by atoms with Gasteiger partial charge in [-0.1, -0.05) is 55.4 Å². The summed E-state index contributed by atoms with van der Waals surface area (Å²) in [7, 11) is 0. The highest BCUT2D eigenvalue weighted by Crippen LogP contribution is 2.32. The lowest BCUT2D eigenvalue weighted by Gasteiger charge is -2.11. The Kier molecular flexibility index (Phi) is 11.0. The van der Waals surface area contributed by atoms with Crippen LogP contribution in [0.3, 0.4) is 0 Å². The maximum atomic E-state index is 12.1. The molecule has 8 aromatic rings. The van der Waals surface area contributed by atoms with Gasteiger partial charge >= 0.3 is 0 Å². The maximum absolute atomic E-state index is 12.1. The smallest absolute Gasteiger partial charge is 0.253 e. The molecule has 0 unspecified atom stereocenters. The zero-order valence-corrected chi connectivity index (χ0v) is 30.2. The maximum Gasteiger partial charge on any atom is 0.253 e. The fourth-order valence-electron chi connectivity index (χ4n) is 6.61. The van der Waals surface area contributed by atoms with Gasteiger partial charge in [0, 0.05) is 89.2 Å². The van der Waals surface area contributed by atoms with Crippen molar-refractivity contribution in [3.05, 3.63) is 150 Å². The van der Waals surface area contributed by atoms with Crippen LogP contribution >= 0.6 is 11.6 Å². The summed E-state index contributed by atoms with van der Waals surface area (Å²) in [5.41, 5.74) is 15.7. The van der Waals surface area contributed by atoms with Crippen molar-refractivity contribution in [2.75, 3.05) is 24.1 Å². The van der Waals surface area contributed by atoms with Gasteiger partial charge in [0.2, 0.25) is 0 Å². The van der Waals surface area contributed by atoms with Crippen LogP contribution in [0.2, 0.25) is 5.15 Å². The van der Waals surface area contributed by atoms with Gasteiger partial charge in [0.25, 0.3) is 11.8 Å². The number of rotatable bonds is 4. The standard InChI is InChI=1S/C21H17N5O.C16H12ClN3O.C5H6N2.CH4/c27-21-16-11-18(25-17(16)8-10-23-21)15-5-1-3-13-6-7-19(26-20(13)15)24-14-4-2-9-22-12-14;17-14-5-4-9-2-1-3-10(15(9)20-14)13-8-11-12(19-13)6-7-18-16(11)21;6-5-2-1-3-7-4-5;/h1-7,9,11-12,25H,8,10H2,(H,23,27)(H,24,26);1-5,8,19H,6-7H2,(H,18,21);1-4H,6H2;1H4. The van der Waals surface area contributed by atoms with E-state index in [0.29, 0.717) is 23.9 Å². The zero-order valence-electron chi connectivity index (χ0n) is 29.4. The molecular weight excluding hydrogens is 724 g/mol. The van der Waals surface area contributed by atoms with Gasteiger partial charge in [-0.2, -0.15) is 0 Å². The van der Waals surface area contributed by atoms with Crippen LogP contribution < -0.4 is 21.7 Å². The van der Waals surface area contributed by atoms with E-state index in [-0.39, 0.29) is 19.2 Å². The Morgan fingerprint density at radius 2 is 1.20 bits per heavy atom. The molecule has 8 heterocycles. The molecule has 0 radical (unpaired) electrons. The molecule has 56 heavy (non-hydrogen) atoms. The first-order valence-electron chi connectivity index (χ1n) is 17.7. The molecule has 0 saturated carbocycles. The molecule has 2 aliphatic rings. The van der Waals surface area contributed by atoms with Crippen molar-refractivity contribution in [2.24, 2.45) is 0 Å². The number of halogens is 1. The van der Waals surface area contributed by atoms with Gasteiger partial charge in [-0.15, -0.1) is 0 Å². The number of fused-ring (bicyclic) bond motifs is 4. The van der Waals surface area contributed by atoms with E-state index in [1.807, 2.05) is 78.9 Å². The molecule has 7 N–H and O–H groups in total. The number of nitrogens with zero attached hydrogens (tertiary/aromatic N) is 4. The Morgan fingerprint density at radius 3 is 1.71 bits per heavy atom. The van der Waals surface area contributed by atoms with Crippen LogP contribution in [0.25, 0.3) is 44.3 Å². The minimum Gasteiger partial charge on any atom is -0.397 e. The highest BCUT2D eigenvalue weighted by molar-refractivity contribution is 6.29. The molecule has 10 rings (SSSR count). The van der Waals surface area contributed by atoms with Gasteiger partial charge in [0.05, 0.1) is 39.7 Å². The quantitative estimate of drug-likeness (QED) is 0.0973. The molecule has 280 valence electrons. The third-order valence-electron chi connectivity index (χ3n) is 9.21. The molecule has 6 aromatic heterocycles. The van der Waals surface area contributed by atoms with Gasteiger partial charge < -0.3 is 31.7 Å². The van der Waals surface area contributed by atoms with Crippen LogP contribution in [0, 0.1) is 0 Å². The van der Waals surface area contributed by atoms with Gasteiger partial charge in [-0.05, 0) is 60.7 Å². The summed E-state index contributed by atoms with van der Waals surface area (Å²) in [5, 5.41) is 11.5. The Morgan fingerprint density at radius 1 is 0.625 bits per heavy atom. The number of aromatic nitrogens is 6. The summed E-state index contributed by atoms with van der Waals surface area (Å²) in [4.78, 5) is 47.8. The van der Waals surface area contributed by atoms with Crippen LogP contribution in [0.4, 0.5) is 17.2 Å². The molecule has 12 nitrogen and oxygen atoms in total. The number of pyridine rings is 4. The van der Waals surface area contributed by atoms with Crippen LogP contribution in [0.1, 0.15) is 39.5 Å². The lowest BCUT2D eigenvalue weighted by atomic mass is 10.1. The predicted octanol–water partition coefficient (Wildman–Crippen LogP) is 8.12. The predicted molar refractivity (Wildman–Crippen MR) is 223 cm³/mol. The van der Waals surface area contributed by atoms with E-state index < -0.39 is 0 Å². The first-order valence-corrected chi connectivity index (χ1v) is 18.1. The SMILES string of the molecule is C.Nc1cccnc1.O=C1NCCc2[nH]c(-c3cccc4ccc(Cl)nc34)cc21.O=C1NCCc2[nH]c(-c3cccc4ccc(Nc5cccnc5)nc34)cc21. The van der Waals surface area contributed by atoms with Crippen molar-refractivity contribution in [1.29, 1.82) is 0 Å². The summed E-state index contributed by atoms with van der Waals surface area (Å²) in [6.07, 6.45) is 8.43. The molecule has 0 fully saturated rings. The Labute approximate surface area is 328 Å². The molecule has 2 aromatic carbocycles. The number of amides is 2. The molecule has 13 heteroatoms. The van der Waals surface area contributed by atoms with Crippen molar-refractivity contribution in [3.8, 4) is 22.5 Å². The molecule has 0 aliphatic carbocycles. The average molecular weight is 763 g/mol. The second kappa shape index (κ2) is 16.5. The Hall–Kier alpha value is -7.05. The number of nitrogens with one attached hydrogen (secondary N) is 5. The number of nitrogens with two attached hydrogens (primary N) is 1. The Bertz CT molecular complexity index is 2660. The number of aromatic amines is 2. The van der Waals surface area contributed by atoms with E-state index in [0.717, 1.165) is 91.2 Å². The monoisotopic (exact) mass is 762 g/mol. The van der Waals surface area contributed by atoms with E-state index in [9.17, 15) is 9.59 Å². The first-order chi connectivity index (χ1) is 26.9. The van der Waals surface area contributed by atoms with Crippen molar-refractivity contribution in [3.63, 3.8) is 0 Å². The van der Waals surface area contributed by atoms with E-state index in [4.69, 9.17) is 22.3 Å². The number of para-hydroxylation sites is 2. The summed E-state index contributed by atoms with van der Waals surface area (Å²) in [6, 6.07) is 31.0. The summed E-state index contributed by atoms with van der Waals surface area (Å²) in [6.45, 7) is 1.34. The van der Waals surface area contributed by atoms with E-state index in [2.05, 4.69) is 40.9 Å². The minimum absolute atomic E-state index is 0. The highest BCUT2D eigenvalue weighted by Gasteiger charge is 2.22. The fourth-order valence-corrected chi connectivity index (χ4v) is 6.76. The number of hydrogen-bond acceptors (Lipinski definition) is 8. The van der Waals surface area contributed by atoms with Crippen molar-refractivity contribution >= 4 is 62.4 Å². The highest BCUT2D eigenvalue weighted by atomic mass is 35.5. The number of nitrogen functional groups attached to an aromatic ring is 1. The van der Waals surface area contributed by atoms with Crippen molar-refractivity contribution < 1.29 is 9.59 Å². The number of benzene rings is 2. The normalized spacial score (nSPS) is 12.7. The third-order valence-corrected chi connectivity index (χ3v) is 9.42. The van der Waals surface area contributed by atoms with E-state index in [1.165, 1.54) is 0 Å². The number of hydrogen-bond donors (Lipinski definition) is 6. The topological polar surface area (TPSA) is 179 Å². The molecule has 2 amide bonds. The lowest BCUT2D eigenvalue weighted by molar-refractivity contribution is 0.0937. The molecular formula is C43H39ClN10O2. The molecule has 0 spiro atoms. The largest absolute Gasteiger partial charge is 0.397 e. The van der Waals surface area contributed by atoms with Gasteiger partial charge in [0.1, 0.15) is 11.0 Å². The summed E-state index contributed by atoms with van der Waals surface area (Å²) in [5.74, 6) is 0.702. The summed E-state index contributed by atoms with van der Waals surface area (Å²) < 4.78 is 0. The number of H-pyrrole nitrogens is 2. The Balaban J connectivity index is 0.000000147. The van der Waals surface area contributed by atoms with Gasteiger partial charge in [-0.3, -0.25) is 19.6 Å². The molecule has 0 bridgehead atoms. The van der Waals surface area contributed by atoms with Crippen LogP contribution in [-0.4, -0.2) is 54.8 Å². The van der Waals surface area contributed by atoms with Crippen LogP contribution in [-0.2, 0) is 12.8 Å². The second-order valence-electron chi connectivity index (χ2n) is 12.9. The molecule has 0 saturated heterocycles. The zero-order chi connectivity index (χ0) is 37.7. The van der Waals surface area contributed by atoms with Crippen LogP contribution in [0.15, 0.2) is 122 Å². The summed E-state index contributed by atoms with van der Waals surface area (Å²) >= 11 is 6.02. The lowest BCUT2D eigenvalue weighted by Crippen LogP contribution is -2.31. The molecule has 0 atom stereocenters. The minimum atomic E-state index is -0.0232. The van der Waals surface area contributed by atoms with Gasteiger partial charge in [-0.25, -0.2) is 9.97 Å². The fraction of sp³-hybridized carbons (Fsp3) is 0.116. The number of anilines is 3. The van der Waals surface area contributed by atoms with Gasteiger partial charge in [0.15, 0.2) is 0 Å². The van der Waals surface area contributed by atoms with E-state index in [1.54, 1.807) is 43.0 Å². The second-order valence-corrected chi connectivity index (χ2v) is 13.3. The van der Waals surface area contributed by atoms with E-state index >= 15 is 0 Å². The third kappa shape index (κ3) is 8.05. The van der Waals surface area contributed by atoms with Crippen molar-refractivity contribution in [1.82, 2.24) is 40.5 Å².